The van der Waals surface area contributed by atoms with Crippen molar-refractivity contribution >= 4 is 5.97 Å². The summed E-state index contributed by atoms with van der Waals surface area (Å²) in [6.45, 7) is 3.95. The van der Waals surface area contributed by atoms with Gasteiger partial charge in [-0.15, -0.1) is 0 Å². The molecule has 0 spiro atoms. The van der Waals surface area contributed by atoms with Gasteiger partial charge >= 0.3 is 5.97 Å². The van der Waals surface area contributed by atoms with E-state index in [2.05, 4.69) is 5.32 Å². The Labute approximate surface area is 101 Å². The van der Waals surface area contributed by atoms with Crippen molar-refractivity contribution in [1.29, 1.82) is 0 Å². The van der Waals surface area contributed by atoms with Crippen molar-refractivity contribution in [1.82, 2.24) is 5.32 Å². The Balaban J connectivity index is 2.48. The Morgan fingerprint density at radius 2 is 2.12 bits per heavy atom. The third-order valence-electron chi connectivity index (χ3n) is 2.70. The van der Waals surface area contributed by atoms with Crippen molar-refractivity contribution in [3.05, 3.63) is 29.8 Å². The number of benzene rings is 1. The Morgan fingerprint density at radius 3 is 2.71 bits per heavy atom. The van der Waals surface area contributed by atoms with Crippen LogP contribution in [0.5, 0.6) is 5.75 Å². The van der Waals surface area contributed by atoms with E-state index in [0.29, 0.717) is 6.42 Å². The number of carboxylic acid groups (broad SMARTS) is 1. The fourth-order valence-electron chi connectivity index (χ4n) is 1.74. The molecule has 0 saturated heterocycles. The van der Waals surface area contributed by atoms with Gasteiger partial charge in [0.05, 0.1) is 0 Å². The van der Waals surface area contributed by atoms with Gasteiger partial charge in [0.2, 0.25) is 0 Å². The van der Waals surface area contributed by atoms with Gasteiger partial charge in [0.15, 0.2) is 0 Å². The fourth-order valence-corrected chi connectivity index (χ4v) is 1.74. The molecule has 0 fully saturated rings. The smallest absolute Gasteiger partial charge is 0.303 e. The summed E-state index contributed by atoms with van der Waals surface area (Å²) in [5.41, 5.74) is 0.993. The highest BCUT2D eigenvalue weighted by Crippen LogP contribution is 2.18. The number of aromatic hydroxyl groups is 1. The first kappa shape index (κ1) is 13.5. The van der Waals surface area contributed by atoms with Crippen LogP contribution in [0.2, 0.25) is 0 Å². The number of carbonyl (C=O) groups is 1. The number of rotatable bonds is 6. The van der Waals surface area contributed by atoms with E-state index in [4.69, 9.17) is 5.11 Å². The second-order valence-electron chi connectivity index (χ2n) is 4.32. The lowest BCUT2D eigenvalue weighted by atomic mass is 10.1. The number of phenols is 1. The lowest BCUT2D eigenvalue weighted by Crippen LogP contribution is -2.29. The molecule has 0 bridgehead atoms. The highest BCUT2D eigenvalue weighted by Gasteiger charge is 2.11. The normalized spacial score (nSPS) is 14.2. The van der Waals surface area contributed by atoms with Crippen LogP contribution in [-0.4, -0.2) is 22.2 Å². The number of nitrogens with one attached hydrogen (secondary N) is 1. The molecule has 0 heterocycles. The van der Waals surface area contributed by atoms with E-state index >= 15 is 0 Å². The predicted molar refractivity (Wildman–Crippen MR) is 66.0 cm³/mol. The van der Waals surface area contributed by atoms with E-state index in [1.807, 2.05) is 19.9 Å². The number of phenolic OH excluding ortho intramolecular Hbond substituents is 1. The summed E-state index contributed by atoms with van der Waals surface area (Å²) in [5, 5.41) is 21.3. The third-order valence-corrected chi connectivity index (χ3v) is 2.70. The molecule has 1 aromatic carbocycles. The van der Waals surface area contributed by atoms with E-state index in [0.717, 1.165) is 5.56 Å². The first-order valence-corrected chi connectivity index (χ1v) is 5.76. The van der Waals surface area contributed by atoms with E-state index < -0.39 is 5.97 Å². The molecule has 0 amide bonds. The average molecular weight is 237 g/mol. The summed E-state index contributed by atoms with van der Waals surface area (Å²) in [5.74, 6) is -0.530. The van der Waals surface area contributed by atoms with Crippen molar-refractivity contribution in [2.24, 2.45) is 0 Å². The average Bonchev–Trinajstić information content (AvgIpc) is 2.26. The van der Waals surface area contributed by atoms with Crippen LogP contribution in [0, 0.1) is 0 Å². The molecule has 2 atom stereocenters. The third kappa shape index (κ3) is 4.87. The molecule has 1 aromatic rings. The Bertz CT molecular complexity index is 379. The number of hydrogen-bond donors (Lipinski definition) is 3. The van der Waals surface area contributed by atoms with Crippen molar-refractivity contribution in [3.63, 3.8) is 0 Å². The molecule has 4 nitrogen and oxygen atoms in total. The summed E-state index contributed by atoms with van der Waals surface area (Å²) in [7, 11) is 0. The minimum atomic E-state index is -0.774. The molecule has 0 aliphatic heterocycles. The molecule has 0 aliphatic carbocycles. The lowest BCUT2D eigenvalue weighted by molar-refractivity contribution is -0.137. The van der Waals surface area contributed by atoms with Crippen molar-refractivity contribution < 1.29 is 15.0 Å². The van der Waals surface area contributed by atoms with E-state index in [9.17, 15) is 9.90 Å². The molecule has 0 saturated carbocycles. The Kier molecular flexibility index (Phi) is 4.97. The van der Waals surface area contributed by atoms with Crippen molar-refractivity contribution in [2.45, 2.75) is 38.8 Å². The van der Waals surface area contributed by atoms with E-state index in [1.54, 1.807) is 18.2 Å². The fraction of sp³-hybridized carbons (Fsp3) is 0.462. The monoisotopic (exact) mass is 237 g/mol. The topological polar surface area (TPSA) is 69.6 Å². The first-order chi connectivity index (χ1) is 7.99. The van der Waals surface area contributed by atoms with Crippen LogP contribution in [0.4, 0.5) is 0 Å². The lowest BCUT2D eigenvalue weighted by Gasteiger charge is -2.20. The minimum Gasteiger partial charge on any atom is -0.508 e. The molecule has 0 aromatic heterocycles. The van der Waals surface area contributed by atoms with Crippen LogP contribution >= 0.6 is 0 Å². The van der Waals surface area contributed by atoms with E-state index in [-0.39, 0.29) is 24.3 Å². The number of aliphatic carboxylic acids is 1. The molecule has 0 aliphatic rings. The largest absolute Gasteiger partial charge is 0.508 e. The zero-order valence-electron chi connectivity index (χ0n) is 10.2. The van der Waals surface area contributed by atoms with Gasteiger partial charge in [-0.1, -0.05) is 12.1 Å². The molecule has 3 N–H and O–H groups in total. The maximum Gasteiger partial charge on any atom is 0.303 e. The first-order valence-electron chi connectivity index (χ1n) is 5.76. The van der Waals surface area contributed by atoms with Gasteiger partial charge in [-0.3, -0.25) is 4.79 Å². The van der Waals surface area contributed by atoms with Crippen LogP contribution in [0.1, 0.15) is 38.3 Å². The molecular formula is C13H19NO3. The van der Waals surface area contributed by atoms with Gasteiger partial charge in [0, 0.05) is 18.5 Å². The second kappa shape index (κ2) is 6.25. The maximum absolute atomic E-state index is 10.4. The van der Waals surface area contributed by atoms with Crippen LogP contribution < -0.4 is 5.32 Å². The van der Waals surface area contributed by atoms with Gasteiger partial charge in [0.25, 0.3) is 0 Å². The standard InChI is InChI=1S/C13H19NO3/c1-9(6-7-13(16)17)14-10(2)11-4-3-5-12(15)8-11/h3-5,8-10,14-15H,6-7H2,1-2H3,(H,16,17). The van der Waals surface area contributed by atoms with Crippen LogP contribution in [0.25, 0.3) is 0 Å². The zero-order valence-corrected chi connectivity index (χ0v) is 10.2. The summed E-state index contributed by atoms with van der Waals surface area (Å²) in [6.07, 6.45) is 0.763. The SMILES string of the molecule is CC(CCC(=O)O)NC(C)c1cccc(O)c1. The van der Waals surface area contributed by atoms with Gasteiger partial charge in [0.1, 0.15) is 5.75 Å². The van der Waals surface area contributed by atoms with Crippen LogP contribution in [0.15, 0.2) is 24.3 Å². The summed E-state index contributed by atoms with van der Waals surface area (Å²) in [4.78, 5) is 10.4. The van der Waals surface area contributed by atoms with Gasteiger partial charge in [-0.2, -0.15) is 0 Å². The summed E-state index contributed by atoms with van der Waals surface area (Å²) >= 11 is 0. The van der Waals surface area contributed by atoms with E-state index in [1.165, 1.54) is 0 Å². The molecule has 4 heteroatoms. The molecule has 94 valence electrons. The molecule has 0 radical (unpaired) electrons. The predicted octanol–water partition coefficient (Wildman–Crippen LogP) is 2.30. The number of carboxylic acids is 1. The molecule has 2 unspecified atom stereocenters. The van der Waals surface area contributed by atoms with Gasteiger partial charge < -0.3 is 15.5 Å². The number of hydrogen-bond acceptors (Lipinski definition) is 3. The quantitative estimate of drug-likeness (QED) is 0.710. The minimum absolute atomic E-state index is 0.0888. The highest BCUT2D eigenvalue weighted by molar-refractivity contribution is 5.66. The molecule has 1 rings (SSSR count). The Hall–Kier alpha value is -1.55. The highest BCUT2D eigenvalue weighted by atomic mass is 16.4. The Morgan fingerprint density at radius 1 is 1.41 bits per heavy atom. The van der Waals surface area contributed by atoms with Crippen molar-refractivity contribution in [2.75, 3.05) is 0 Å². The van der Waals surface area contributed by atoms with Crippen molar-refractivity contribution in [3.8, 4) is 5.75 Å². The van der Waals surface area contributed by atoms with Gasteiger partial charge in [-0.05, 0) is 38.0 Å². The molecular weight excluding hydrogens is 218 g/mol. The second-order valence-corrected chi connectivity index (χ2v) is 4.32. The maximum atomic E-state index is 10.4. The van der Waals surface area contributed by atoms with Crippen LogP contribution in [-0.2, 0) is 4.79 Å². The zero-order chi connectivity index (χ0) is 12.8. The molecule has 17 heavy (non-hydrogen) atoms. The summed E-state index contributed by atoms with van der Waals surface area (Å²) in [6, 6.07) is 7.28. The van der Waals surface area contributed by atoms with Crippen LogP contribution in [0.3, 0.4) is 0 Å². The van der Waals surface area contributed by atoms with Gasteiger partial charge in [-0.25, -0.2) is 0 Å². The summed E-state index contributed by atoms with van der Waals surface area (Å²) < 4.78 is 0.